The van der Waals surface area contributed by atoms with Gasteiger partial charge in [0.1, 0.15) is 23.2 Å². The Kier molecular flexibility index (Phi) is 3.39. The van der Waals surface area contributed by atoms with E-state index in [9.17, 15) is 13.9 Å². The molecule has 106 valence electrons. The first-order chi connectivity index (χ1) is 10.1. The second-order valence-corrected chi connectivity index (χ2v) is 4.65. The maximum absolute atomic E-state index is 13.6. The van der Waals surface area contributed by atoms with Crippen LogP contribution >= 0.6 is 0 Å². The van der Waals surface area contributed by atoms with Crippen molar-refractivity contribution in [1.82, 2.24) is 4.98 Å². The largest absolute Gasteiger partial charge is 0.508 e. The SMILES string of the molecule is Oc1ccc2ccnc(NCc3cc(F)ccc3F)c2c1. The molecular formula is C16H12F2N2O. The number of halogens is 2. The molecule has 0 atom stereocenters. The van der Waals surface area contributed by atoms with Crippen LogP contribution in [-0.4, -0.2) is 10.1 Å². The van der Waals surface area contributed by atoms with Gasteiger partial charge in [-0.2, -0.15) is 0 Å². The minimum Gasteiger partial charge on any atom is -0.508 e. The van der Waals surface area contributed by atoms with Crippen LogP contribution in [0.25, 0.3) is 10.8 Å². The molecule has 3 aromatic rings. The highest BCUT2D eigenvalue weighted by molar-refractivity contribution is 5.92. The van der Waals surface area contributed by atoms with Crippen molar-refractivity contribution < 1.29 is 13.9 Å². The molecule has 2 N–H and O–H groups in total. The number of hydrogen-bond acceptors (Lipinski definition) is 3. The number of aromatic hydroxyl groups is 1. The summed E-state index contributed by atoms with van der Waals surface area (Å²) in [5, 5.41) is 14.1. The zero-order chi connectivity index (χ0) is 14.8. The summed E-state index contributed by atoms with van der Waals surface area (Å²) in [5.74, 6) is -0.341. The van der Waals surface area contributed by atoms with Gasteiger partial charge < -0.3 is 10.4 Å². The van der Waals surface area contributed by atoms with Gasteiger partial charge in [0.2, 0.25) is 0 Å². The number of nitrogens with zero attached hydrogens (tertiary/aromatic N) is 1. The van der Waals surface area contributed by atoms with Gasteiger partial charge in [0.05, 0.1) is 0 Å². The van der Waals surface area contributed by atoms with E-state index in [-0.39, 0.29) is 17.9 Å². The lowest BCUT2D eigenvalue weighted by atomic mass is 10.1. The van der Waals surface area contributed by atoms with Gasteiger partial charge in [0, 0.05) is 23.7 Å². The second kappa shape index (κ2) is 5.36. The average Bonchev–Trinajstić information content (AvgIpc) is 2.48. The Hall–Kier alpha value is -2.69. The number of phenolic OH excluding ortho intramolecular Hbond substituents is 1. The van der Waals surface area contributed by atoms with Crippen LogP contribution in [0, 0.1) is 11.6 Å². The first kappa shape index (κ1) is 13.3. The van der Waals surface area contributed by atoms with E-state index in [1.165, 1.54) is 0 Å². The van der Waals surface area contributed by atoms with Crippen LogP contribution in [-0.2, 0) is 6.54 Å². The predicted molar refractivity (Wildman–Crippen MR) is 77.1 cm³/mol. The summed E-state index contributed by atoms with van der Waals surface area (Å²) in [6, 6.07) is 10.0. The standard InChI is InChI=1S/C16H12F2N2O/c17-12-2-4-15(18)11(7-12)9-20-16-14-8-13(21)3-1-10(14)5-6-19-16/h1-8,21H,9H2,(H,19,20). The van der Waals surface area contributed by atoms with Crippen LogP contribution in [0.5, 0.6) is 5.75 Å². The average molecular weight is 286 g/mol. The summed E-state index contributed by atoms with van der Waals surface area (Å²) in [6.45, 7) is 0.103. The van der Waals surface area contributed by atoms with Crippen molar-refractivity contribution in [1.29, 1.82) is 0 Å². The fraction of sp³-hybridized carbons (Fsp3) is 0.0625. The van der Waals surface area contributed by atoms with Gasteiger partial charge in [-0.05, 0) is 41.8 Å². The minimum absolute atomic E-state index is 0.103. The van der Waals surface area contributed by atoms with Crippen molar-refractivity contribution in [3.8, 4) is 5.75 Å². The van der Waals surface area contributed by atoms with Crippen molar-refractivity contribution in [2.45, 2.75) is 6.54 Å². The monoisotopic (exact) mass is 286 g/mol. The van der Waals surface area contributed by atoms with E-state index in [1.54, 1.807) is 24.4 Å². The fourth-order valence-electron chi connectivity index (χ4n) is 2.15. The molecule has 3 nitrogen and oxygen atoms in total. The number of fused-ring (bicyclic) bond motifs is 1. The van der Waals surface area contributed by atoms with Crippen LogP contribution in [0.15, 0.2) is 48.7 Å². The molecule has 0 spiro atoms. The Morgan fingerprint density at radius 2 is 1.90 bits per heavy atom. The van der Waals surface area contributed by atoms with E-state index in [0.717, 1.165) is 23.6 Å². The van der Waals surface area contributed by atoms with E-state index in [1.807, 2.05) is 6.07 Å². The lowest BCUT2D eigenvalue weighted by Gasteiger charge is -2.10. The quantitative estimate of drug-likeness (QED) is 0.769. The molecule has 0 bridgehead atoms. The fourth-order valence-corrected chi connectivity index (χ4v) is 2.15. The molecule has 1 heterocycles. The number of phenols is 1. The third-order valence-electron chi connectivity index (χ3n) is 3.20. The number of rotatable bonds is 3. The van der Waals surface area contributed by atoms with Crippen LogP contribution in [0.1, 0.15) is 5.56 Å². The van der Waals surface area contributed by atoms with Crippen molar-refractivity contribution in [2.24, 2.45) is 0 Å². The Morgan fingerprint density at radius 1 is 1.05 bits per heavy atom. The summed E-state index contributed by atoms with van der Waals surface area (Å²) >= 11 is 0. The van der Waals surface area contributed by atoms with E-state index < -0.39 is 11.6 Å². The van der Waals surface area contributed by atoms with Gasteiger partial charge in [-0.25, -0.2) is 13.8 Å². The van der Waals surface area contributed by atoms with Crippen LogP contribution < -0.4 is 5.32 Å². The van der Waals surface area contributed by atoms with Crippen molar-refractivity contribution in [3.63, 3.8) is 0 Å². The highest BCUT2D eigenvalue weighted by Crippen LogP contribution is 2.25. The minimum atomic E-state index is -0.489. The molecule has 0 aliphatic rings. The molecule has 2 aromatic carbocycles. The molecule has 0 saturated carbocycles. The van der Waals surface area contributed by atoms with Crippen LogP contribution in [0.4, 0.5) is 14.6 Å². The topological polar surface area (TPSA) is 45.2 Å². The predicted octanol–water partition coefficient (Wildman–Crippen LogP) is 3.83. The molecule has 0 aliphatic carbocycles. The van der Waals surface area contributed by atoms with E-state index in [0.29, 0.717) is 11.2 Å². The molecule has 0 radical (unpaired) electrons. The van der Waals surface area contributed by atoms with E-state index in [4.69, 9.17) is 0 Å². The number of benzene rings is 2. The van der Waals surface area contributed by atoms with Gasteiger partial charge in [0.15, 0.2) is 0 Å². The third kappa shape index (κ3) is 2.76. The van der Waals surface area contributed by atoms with Gasteiger partial charge in [0.25, 0.3) is 0 Å². The highest BCUT2D eigenvalue weighted by atomic mass is 19.1. The van der Waals surface area contributed by atoms with Crippen molar-refractivity contribution in [3.05, 3.63) is 65.9 Å². The molecule has 0 fully saturated rings. The van der Waals surface area contributed by atoms with Gasteiger partial charge in [-0.3, -0.25) is 0 Å². The summed E-state index contributed by atoms with van der Waals surface area (Å²) < 4.78 is 26.7. The maximum Gasteiger partial charge on any atom is 0.134 e. The molecule has 5 heteroatoms. The lowest BCUT2D eigenvalue weighted by molar-refractivity contribution is 0.476. The molecule has 3 rings (SSSR count). The van der Waals surface area contributed by atoms with Gasteiger partial charge in [-0.15, -0.1) is 0 Å². The van der Waals surface area contributed by atoms with Crippen LogP contribution in [0.3, 0.4) is 0 Å². The maximum atomic E-state index is 13.6. The molecule has 0 unspecified atom stereocenters. The highest BCUT2D eigenvalue weighted by Gasteiger charge is 2.07. The molecule has 0 amide bonds. The number of hydrogen-bond donors (Lipinski definition) is 2. The first-order valence-electron chi connectivity index (χ1n) is 6.39. The third-order valence-corrected chi connectivity index (χ3v) is 3.20. The molecule has 1 aromatic heterocycles. The summed E-state index contributed by atoms with van der Waals surface area (Å²) in [4.78, 5) is 4.18. The lowest BCUT2D eigenvalue weighted by Crippen LogP contribution is -2.04. The van der Waals surface area contributed by atoms with Gasteiger partial charge in [-0.1, -0.05) is 6.07 Å². The Bertz CT molecular complexity index is 805. The Balaban J connectivity index is 1.91. The summed E-state index contributed by atoms with van der Waals surface area (Å²) in [7, 11) is 0. The Morgan fingerprint density at radius 3 is 2.76 bits per heavy atom. The summed E-state index contributed by atoms with van der Waals surface area (Å²) in [5.41, 5.74) is 0.217. The Labute approximate surface area is 119 Å². The smallest absolute Gasteiger partial charge is 0.134 e. The van der Waals surface area contributed by atoms with Gasteiger partial charge >= 0.3 is 0 Å². The number of pyridine rings is 1. The number of nitrogens with one attached hydrogen (secondary N) is 1. The zero-order valence-electron chi connectivity index (χ0n) is 11.0. The summed E-state index contributed by atoms with van der Waals surface area (Å²) in [6.07, 6.45) is 1.61. The molecule has 21 heavy (non-hydrogen) atoms. The van der Waals surface area contributed by atoms with Crippen molar-refractivity contribution in [2.75, 3.05) is 5.32 Å². The van der Waals surface area contributed by atoms with E-state index >= 15 is 0 Å². The molecule has 0 aliphatic heterocycles. The van der Waals surface area contributed by atoms with E-state index in [2.05, 4.69) is 10.3 Å². The van der Waals surface area contributed by atoms with Crippen molar-refractivity contribution >= 4 is 16.6 Å². The van der Waals surface area contributed by atoms with Crippen LogP contribution in [0.2, 0.25) is 0 Å². The normalized spacial score (nSPS) is 10.8. The first-order valence-corrected chi connectivity index (χ1v) is 6.39. The molecule has 0 saturated heterocycles. The number of aromatic nitrogens is 1. The number of anilines is 1. The second-order valence-electron chi connectivity index (χ2n) is 4.65. The molecular weight excluding hydrogens is 274 g/mol. The zero-order valence-corrected chi connectivity index (χ0v) is 11.0.